The number of aliphatic carboxylic acids is 1. The maximum Gasteiger partial charge on any atom is 0.328 e. The molecular formula is C11H12N2O4S. The van der Waals surface area contributed by atoms with Gasteiger partial charge in [-0.3, -0.25) is 10.1 Å². The van der Waals surface area contributed by atoms with E-state index >= 15 is 0 Å². The fourth-order valence-electron chi connectivity index (χ4n) is 1.10. The monoisotopic (exact) mass is 268 g/mol. The summed E-state index contributed by atoms with van der Waals surface area (Å²) in [4.78, 5) is 35.2. The number of rotatable bonds is 4. The van der Waals surface area contributed by atoms with E-state index in [9.17, 15) is 14.4 Å². The number of hydrogen-bond acceptors (Lipinski definition) is 4. The maximum atomic E-state index is 11.5. The zero-order valence-electron chi connectivity index (χ0n) is 9.62. The molecule has 0 atom stereocenters. The fraction of sp³-hybridized carbons (Fsp3) is 0.182. The number of nitrogens with one attached hydrogen (secondary N) is 1. The molecule has 1 aromatic rings. The van der Waals surface area contributed by atoms with Gasteiger partial charge >= 0.3 is 12.0 Å². The van der Waals surface area contributed by atoms with Crippen molar-refractivity contribution in [1.82, 2.24) is 10.2 Å². The lowest BCUT2D eigenvalue weighted by Crippen LogP contribution is -2.39. The third-order valence-electron chi connectivity index (χ3n) is 1.93. The van der Waals surface area contributed by atoms with Gasteiger partial charge in [-0.25, -0.2) is 9.59 Å². The van der Waals surface area contributed by atoms with Gasteiger partial charge in [0, 0.05) is 24.1 Å². The summed E-state index contributed by atoms with van der Waals surface area (Å²) < 4.78 is 0. The maximum absolute atomic E-state index is 11.5. The first-order chi connectivity index (χ1) is 8.49. The number of amides is 3. The molecule has 3 amide bonds. The van der Waals surface area contributed by atoms with Crippen molar-refractivity contribution in [2.24, 2.45) is 0 Å². The van der Waals surface area contributed by atoms with Crippen LogP contribution in [0.5, 0.6) is 0 Å². The normalized spacial score (nSPS) is 10.3. The standard InChI is InChI=1S/C11H12N2O4S/c1-13(7-8-3-2-6-18-8)11(17)12-9(14)4-5-10(15)16/h2-6H,7H2,1H3,(H,15,16)(H,12,14,17)/b5-4+. The van der Waals surface area contributed by atoms with Gasteiger partial charge in [0.15, 0.2) is 0 Å². The summed E-state index contributed by atoms with van der Waals surface area (Å²) in [5.41, 5.74) is 0. The Hall–Kier alpha value is -2.15. The average Bonchev–Trinajstić information content (AvgIpc) is 2.79. The summed E-state index contributed by atoms with van der Waals surface area (Å²) >= 11 is 1.50. The Morgan fingerprint density at radius 1 is 1.44 bits per heavy atom. The third kappa shape index (κ3) is 4.79. The molecular weight excluding hydrogens is 256 g/mol. The second kappa shape index (κ2) is 6.55. The number of nitrogens with zero attached hydrogens (tertiary/aromatic N) is 1. The van der Waals surface area contributed by atoms with Gasteiger partial charge in [-0.2, -0.15) is 0 Å². The minimum Gasteiger partial charge on any atom is -0.478 e. The number of carbonyl (C=O) groups excluding carboxylic acids is 2. The highest BCUT2D eigenvalue weighted by atomic mass is 32.1. The quantitative estimate of drug-likeness (QED) is 0.799. The molecule has 0 aromatic carbocycles. The number of carbonyl (C=O) groups is 3. The van der Waals surface area contributed by atoms with Crippen LogP contribution < -0.4 is 5.32 Å². The Kier molecular flexibility index (Phi) is 5.06. The molecule has 2 N–H and O–H groups in total. The second-order valence-electron chi connectivity index (χ2n) is 3.40. The van der Waals surface area contributed by atoms with E-state index < -0.39 is 17.9 Å². The highest BCUT2D eigenvalue weighted by Gasteiger charge is 2.11. The van der Waals surface area contributed by atoms with Crippen molar-refractivity contribution in [1.29, 1.82) is 0 Å². The lowest BCUT2D eigenvalue weighted by molar-refractivity contribution is -0.131. The van der Waals surface area contributed by atoms with Gasteiger partial charge in [-0.15, -0.1) is 11.3 Å². The Balaban J connectivity index is 2.45. The number of carboxylic acid groups (broad SMARTS) is 1. The van der Waals surface area contributed by atoms with Crippen LogP contribution in [0, 0.1) is 0 Å². The minimum atomic E-state index is -1.25. The summed E-state index contributed by atoms with van der Waals surface area (Å²) in [6.07, 6.45) is 1.46. The first-order valence-electron chi connectivity index (χ1n) is 4.98. The van der Waals surface area contributed by atoms with E-state index in [4.69, 9.17) is 5.11 Å². The predicted octanol–water partition coefficient (Wildman–Crippen LogP) is 1.06. The molecule has 0 saturated carbocycles. The molecule has 0 fully saturated rings. The Morgan fingerprint density at radius 3 is 2.72 bits per heavy atom. The highest BCUT2D eigenvalue weighted by Crippen LogP contribution is 2.10. The molecule has 0 unspecified atom stereocenters. The van der Waals surface area contributed by atoms with Crippen LogP contribution in [-0.4, -0.2) is 35.0 Å². The summed E-state index contributed by atoms with van der Waals surface area (Å²) in [6.45, 7) is 0.388. The Labute approximate surface area is 108 Å². The number of carboxylic acids is 1. The number of thiophene rings is 1. The van der Waals surface area contributed by atoms with E-state index in [0.717, 1.165) is 11.0 Å². The molecule has 1 aromatic heterocycles. The second-order valence-corrected chi connectivity index (χ2v) is 4.43. The van der Waals surface area contributed by atoms with Gasteiger partial charge < -0.3 is 10.0 Å². The molecule has 18 heavy (non-hydrogen) atoms. The molecule has 7 heteroatoms. The van der Waals surface area contributed by atoms with Crippen LogP contribution in [0.25, 0.3) is 0 Å². The van der Waals surface area contributed by atoms with E-state index in [1.165, 1.54) is 16.2 Å². The van der Waals surface area contributed by atoms with E-state index in [-0.39, 0.29) is 0 Å². The van der Waals surface area contributed by atoms with E-state index in [2.05, 4.69) is 5.32 Å². The van der Waals surface area contributed by atoms with Crippen molar-refractivity contribution in [3.05, 3.63) is 34.5 Å². The van der Waals surface area contributed by atoms with Gasteiger partial charge in [-0.05, 0) is 11.4 Å². The zero-order valence-corrected chi connectivity index (χ0v) is 10.4. The molecule has 0 radical (unpaired) electrons. The van der Waals surface area contributed by atoms with E-state index in [1.807, 2.05) is 17.5 Å². The van der Waals surface area contributed by atoms with Gasteiger partial charge in [0.2, 0.25) is 0 Å². The van der Waals surface area contributed by atoms with Gasteiger partial charge in [0.05, 0.1) is 6.54 Å². The molecule has 0 saturated heterocycles. The van der Waals surface area contributed by atoms with Crippen molar-refractivity contribution in [3.63, 3.8) is 0 Å². The predicted molar refractivity (Wildman–Crippen MR) is 66.1 cm³/mol. The fourth-order valence-corrected chi connectivity index (χ4v) is 1.85. The topological polar surface area (TPSA) is 86.7 Å². The van der Waals surface area contributed by atoms with Crippen LogP contribution >= 0.6 is 11.3 Å². The lowest BCUT2D eigenvalue weighted by atomic mass is 10.4. The molecule has 0 spiro atoms. The lowest BCUT2D eigenvalue weighted by Gasteiger charge is -2.15. The molecule has 1 heterocycles. The van der Waals surface area contributed by atoms with Crippen LogP contribution in [0.2, 0.25) is 0 Å². The van der Waals surface area contributed by atoms with Crippen molar-refractivity contribution >= 4 is 29.2 Å². The van der Waals surface area contributed by atoms with E-state index in [0.29, 0.717) is 12.6 Å². The molecule has 1 rings (SSSR count). The molecule has 6 nitrogen and oxygen atoms in total. The van der Waals surface area contributed by atoms with Crippen molar-refractivity contribution in [3.8, 4) is 0 Å². The van der Waals surface area contributed by atoms with Crippen LogP contribution in [0.3, 0.4) is 0 Å². The SMILES string of the molecule is CN(Cc1cccs1)C(=O)NC(=O)/C=C/C(=O)O. The average molecular weight is 268 g/mol. The van der Waals surface area contributed by atoms with Crippen molar-refractivity contribution in [2.45, 2.75) is 6.54 Å². The van der Waals surface area contributed by atoms with Crippen LogP contribution in [0.4, 0.5) is 4.79 Å². The minimum absolute atomic E-state index is 0.388. The number of imide groups is 1. The van der Waals surface area contributed by atoms with Crippen LogP contribution in [-0.2, 0) is 16.1 Å². The van der Waals surface area contributed by atoms with Gasteiger partial charge in [-0.1, -0.05) is 6.07 Å². The highest BCUT2D eigenvalue weighted by molar-refractivity contribution is 7.09. The molecule has 96 valence electrons. The van der Waals surface area contributed by atoms with Crippen molar-refractivity contribution in [2.75, 3.05) is 7.05 Å². The van der Waals surface area contributed by atoms with Crippen LogP contribution in [0.1, 0.15) is 4.88 Å². The Bertz CT molecular complexity index is 467. The van der Waals surface area contributed by atoms with E-state index in [1.54, 1.807) is 7.05 Å². The summed E-state index contributed by atoms with van der Waals surface area (Å²) in [6, 6.07) is 3.16. The summed E-state index contributed by atoms with van der Waals surface area (Å²) in [5.74, 6) is -2.01. The molecule has 0 bridgehead atoms. The smallest absolute Gasteiger partial charge is 0.328 e. The first kappa shape index (κ1) is 13.9. The first-order valence-corrected chi connectivity index (χ1v) is 5.86. The Morgan fingerprint density at radius 2 is 2.17 bits per heavy atom. The largest absolute Gasteiger partial charge is 0.478 e. The molecule has 0 aliphatic heterocycles. The summed E-state index contributed by atoms with van der Waals surface area (Å²) in [7, 11) is 1.54. The third-order valence-corrected chi connectivity index (χ3v) is 2.79. The molecule has 0 aliphatic rings. The van der Waals surface area contributed by atoms with Crippen LogP contribution in [0.15, 0.2) is 29.7 Å². The molecule has 0 aliphatic carbocycles. The van der Waals surface area contributed by atoms with Gasteiger partial charge in [0.25, 0.3) is 5.91 Å². The summed E-state index contributed by atoms with van der Waals surface area (Å²) in [5, 5.41) is 12.3. The number of hydrogen-bond donors (Lipinski definition) is 2. The van der Waals surface area contributed by atoms with Crippen molar-refractivity contribution < 1.29 is 19.5 Å². The van der Waals surface area contributed by atoms with Gasteiger partial charge in [0.1, 0.15) is 0 Å². The number of urea groups is 1. The zero-order chi connectivity index (χ0) is 13.5.